The van der Waals surface area contributed by atoms with Crippen LogP contribution in [0.3, 0.4) is 0 Å². The van der Waals surface area contributed by atoms with Gasteiger partial charge in [0.15, 0.2) is 0 Å². The fraction of sp³-hybridized carbons (Fsp3) is 0.444. The monoisotopic (exact) mass is 302 g/mol. The van der Waals surface area contributed by atoms with Crippen LogP contribution in [0, 0.1) is 12.8 Å². The van der Waals surface area contributed by atoms with Crippen LogP contribution in [0.15, 0.2) is 40.6 Å². The molecular weight excluding hydrogens is 280 g/mol. The minimum Gasteiger partial charge on any atom is -0.144 e. The average Bonchev–Trinajstić information content (AvgIpc) is 3.02. The van der Waals surface area contributed by atoms with Crippen LogP contribution in [0.4, 0.5) is 0 Å². The van der Waals surface area contributed by atoms with Gasteiger partial charge in [0.25, 0.3) is 0 Å². The molecule has 0 radical (unpaired) electrons. The molecule has 1 aromatic carbocycles. The number of hydrogen-bond donors (Lipinski definition) is 0. The number of hydrogen-bond acceptors (Lipinski definition) is 2. The molecule has 0 amide bonds. The van der Waals surface area contributed by atoms with Gasteiger partial charge in [-0.25, -0.2) is 0 Å². The predicted molar refractivity (Wildman–Crippen MR) is 93.7 cm³/mol. The zero-order valence-electron chi connectivity index (χ0n) is 12.3. The molecule has 20 heavy (non-hydrogen) atoms. The van der Waals surface area contributed by atoms with E-state index in [-0.39, 0.29) is 0 Å². The zero-order chi connectivity index (χ0) is 13.9. The van der Waals surface area contributed by atoms with Crippen molar-refractivity contribution in [3.05, 3.63) is 46.2 Å². The Labute approximate surface area is 130 Å². The standard InChI is InChI=1S/C9H8S.C9H14S/c1-7-6-10-9-5-3-2-4-8(7)9;1-7-6-8-4-2-3-5-9(8)10-7/h2-6H,1H3;6,8-9H,2-5H2,1H3. The fourth-order valence-electron chi connectivity index (χ4n) is 3.15. The lowest BCUT2D eigenvalue weighted by atomic mass is 9.89. The normalized spacial score (nSPS) is 24.8. The van der Waals surface area contributed by atoms with E-state index in [2.05, 4.69) is 61.3 Å². The molecule has 2 unspecified atom stereocenters. The summed E-state index contributed by atoms with van der Waals surface area (Å²) in [4.78, 5) is 1.57. The van der Waals surface area contributed by atoms with Crippen molar-refractivity contribution in [3.63, 3.8) is 0 Å². The van der Waals surface area contributed by atoms with Gasteiger partial charge in [-0.3, -0.25) is 0 Å². The Morgan fingerprint density at radius 3 is 2.65 bits per heavy atom. The highest BCUT2D eigenvalue weighted by molar-refractivity contribution is 8.03. The van der Waals surface area contributed by atoms with Crippen LogP contribution < -0.4 is 0 Å². The van der Waals surface area contributed by atoms with Gasteiger partial charge in [0, 0.05) is 9.95 Å². The second kappa shape index (κ2) is 6.36. The molecule has 1 aromatic heterocycles. The molecule has 1 aliphatic heterocycles. The number of aryl methyl sites for hydroxylation is 1. The second-order valence-corrected chi connectivity index (χ2v) is 8.19. The average molecular weight is 303 g/mol. The van der Waals surface area contributed by atoms with Crippen molar-refractivity contribution >= 4 is 33.2 Å². The lowest BCUT2D eigenvalue weighted by Crippen LogP contribution is -2.15. The van der Waals surface area contributed by atoms with E-state index in [9.17, 15) is 0 Å². The Morgan fingerprint density at radius 2 is 1.85 bits per heavy atom. The SMILES string of the molecule is CC1=CC2CCCCC2S1.Cc1csc2ccccc12. The number of benzene rings is 1. The van der Waals surface area contributed by atoms with Crippen LogP contribution in [0.5, 0.6) is 0 Å². The van der Waals surface area contributed by atoms with E-state index in [1.54, 1.807) is 4.91 Å². The van der Waals surface area contributed by atoms with Crippen LogP contribution in [0.25, 0.3) is 10.1 Å². The van der Waals surface area contributed by atoms with Gasteiger partial charge in [-0.2, -0.15) is 0 Å². The fourth-order valence-corrected chi connectivity index (χ4v) is 5.50. The summed E-state index contributed by atoms with van der Waals surface area (Å²) in [6.07, 6.45) is 8.33. The smallest absolute Gasteiger partial charge is 0.0345 e. The van der Waals surface area contributed by atoms with E-state index in [1.807, 2.05) is 11.3 Å². The molecule has 2 atom stereocenters. The minimum absolute atomic E-state index is 0.943. The quantitative estimate of drug-likeness (QED) is 0.542. The van der Waals surface area contributed by atoms with Crippen molar-refractivity contribution < 1.29 is 0 Å². The Bertz CT molecular complexity index is 609. The van der Waals surface area contributed by atoms with Crippen molar-refractivity contribution in [2.24, 2.45) is 5.92 Å². The molecule has 4 rings (SSSR count). The molecule has 1 fully saturated rings. The molecule has 2 heteroatoms. The molecule has 1 saturated carbocycles. The van der Waals surface area contributed by atoms with Crippen LogP contribution in [0.1, 0.15) is 38.2 Å². The first kappa shape index (κ1) is 14.2. The van der Waals surface area contributed by atoms with Crippen molar-refractivity contribution in [2.45, 2.75) is 44.8 Å². The molecule has 0 nitrogen and oxygen atoms in total. The number of rotatable bonds is 0. The van der Waals surface area contributed by atoms with E-state index in [0.717, 1.165) is 11.2 Å². The predicted octanol–water partition coefficient (Wildman–Crippen LogP) is 6.41. The molecule has 2 aliphatic rings. The Kier molecular flexibility index (Phi) is 4.52. The molecule has 1 aliphatic carbocycles. The Balaban J connectivity index is 0.000000121. The van der Waals surface area contributed by atoms with Gasteiger partial charge >= 0.3 is 0 Å². The van der Waals surface area contributed by atoms with Gasteiger partial charge in [0.1, 0.15) is 0 Å². The summed E-state index contributed by atoms with van der Waals surface area (Å²) in [5.41, 5.74) is 1.39. The molecule has 0 bridgehead atoms. The van der Waals surface area contributed by atoms with Crippen molar-refractivity contribution in [2.75, 3.05) is 0 Å². The highest BCUT2D eigenvalue weighted by Gasteiger charge is 2.28. The summed E-state index contributed by atoms with van der Waals surface area (Å²) in [6.45, 7) is 4.40. The van der Waals surface area contributed by atoms with Crippen LogP contribution in [-0.4, -0.2) is 5.25 Å². The van der Waals surface area contributed by atoms with Gasteiger partial charge in [0.05, 0.1) is 0 Å². The third-order valence-electron chi connectivity index (χ3n) is 4.21. The Morgan fingerprint density at radius 1 is 1.05 bits per heavy atom. The van der Waals surface area contributed by atoms with Crippen molar-refractivity contribution in [3.8, 4) is 0 Å². The van der Waals surface area contributed by atoms with Gasteiger partial charge in [-0.1, -0.05) is 37.1 Å². The van der Waals surface area contributed by atoms with Crippen molar-refractivity contribution in [1.82, 2.24) is 0 Å². The maximum atomic E-state index is 2.48. The third-order valence-corrected chi connectivity index (χ3v) is 6.69. The summed E-state index contributed by atoms with van der Waals surface area (Å²) < 4.78 is 1.39. The van der Waals surface area contributed by atoms with Gasteiger partial charge in [-0.15, -0.1) is 23.1 Å². The van der Waals surface area contributed by atoms with Gasteiger partial charge in [-0.05, 0) is 59.9 Å². The lowest BCUT2D eigenvalue weighted by Gasteiger charge is -2.23. The van der Waals surface area contributed by atoms with Crippen molar-refractivity contribution in [1.29, 1.82) is 0 Å². The van der Waals surface area contributed by atoms with E-state index >= 15 is 0 Å². The summed E-state index contributed by atoms with van der Waals surface area (Å²) in [6, 6.07) is 8.49. The van der Waals surface area contributed by atoms with E-state index in [4.69, 9.17) is 0 Å². The second-order valence-electron chi connectivity index (χ2n) is 5.80. The summed E-state index contributed by atoms with van der Waals surface area (Å²) in [5, 5.41) is 4.56. The molecule has 2 heterocycles. The first-order chi connectivity index (χ1) is 9.74. The first-order valence-corrected chi connectivity index (χ1v) is 9.28. The topological polar surface area (TPSA) is 0 Å². The summed E-state index contributed by atoms with van der Waals surface area (Å²) >= 11 is 3.92. The zero-order valence-corrected chi connectivity index (χ0v) is 13.9. The molecule has 0 N–H and O–H groups in total. The highest BCUT2D eigenvalue weighted by atomic mass is 32.2. The first-order valence-electron chi connectivity index (χ1n) is 7.52. The maximum Gasteiger partial charge on any atom is 0.0345 e. The highest BCUT2D eigenvalue weighted by Crippen LogP contribution is 2.43. The van der Waals surface area contributed by atoms with E-state index < -0.39 is 0 Å². The minimum atomic E-state index is 0.943. The van der Waals surface area contributed by atoms with Crippen LogP contribution in [-0.2, 0) is 0 Å². The molecule has 2 aromatic rings. The largest absolute Gasteiger partial charge is 0.144 e. The third kappa shape index (κ3) is 3.12. The maximum absolute atomic E-state index is 2.48. The number of thioether (sulfide) groups is 1. The lowest BCUT2D eigenvalue weighted by molar-refractivity contribution is 0.437. The van der Waals surface area contributed by atoms with Gasteiger partial charge < -0.3 is 0 Å². The summed E-state index contributed by atoms with van der Waals surface area (Å²) in [5.74, 6) is 0.943. The summed E-state index contributed by atoms with van der Waals surface area (Å²) in [7, 11) is 0. The Hall–Kier alpha value is -0.730. The van der Waals surface area contributed by atoms with E-state index in [0.29, 0.717) is 0 Å². The number of fused-ring (bicyclic) bond motifs is 2. The van der Waals surface area contributed by atoms with E-state index in [1.165, 1.54) is 41.3 Å². The van der Waals surface area contributed by atoms with Crippen LogP contribution >= 0.6 is 23.1 Å². The van der Waals surface area contributed by atoms with Gasteiger partial charge in [0.2, 0.25) is 0 Å². The number of thiophene rings is 1. The van der Waals surface area contributed by atoms with Crippen LogP contribution in [0.2, 0.25) is 0 Å². The molecule has 0 spiro atoms. The molecular formula is C18H22S2. The molecule has 0 saturated heterocycles. The number of allylic oxidation sites excluding steroid dienone is 2. The molecule has 106 valence electrons.